The van der Waals surface area contributed by atoms with E-state index in [4.69, 9.17) is 0 Å². The number of aryl methyl sites for hydroxylation is 1. The topological polar surface area (TPSA) is 88.5 Å². The first-order valence-corrected chi connectivity index (χ1v) is 6.41. The Morgan fingerprint density at radius 2 is 2.42 bits per heavy atom. The maximum absolute atomic E-state index is 11.8. The molecule has 0 bridgehead atoms. The fourth-order valence-corrected chi connectivity index (χ4v) is 1.89. The highest BCUT2D eigenvalue weighted by Gasteiger charge is 2.28. The number of carbonyl (C=O) groups is 1. The molecule has 0 spiro atoms. The highest BCUT2D eigenvalue weighted by Crippen LogP contribution is 2.37. The lowest BCUT2D eigenvalue weighted by molar-refractivity contribution is 0.0944. The van der Waals surface area contributed by atoms with E-state index >= 15 is 0 Å². The first-order chi connectivity index (χ1) is 9.22. The van der Waals surface area contributed by atoms with E-state index in [1.807, 2.05) is 19.3 Å². The molecule has 19 heavy (non-hydrogen) atoms. The Morgan fingerprint density at radius 1 is 1.58 bits per heavy atom. The van der Waals surface area contributed by atoms with Crippen LogP contribution in [0.5, 0.6) is 0 Å². The van der Waals surface area contributed by atoms with Gasteiger partial charge in [-0.25, -0.2) is 4.98 Å². The second-order valence-electron chi connectivity index (χ2n) is 4.81. The molecular formula is C12H16N6O. The molecule has 1 aliphatic carbocycles. The van der Waals surface area contributed by atoms with Crippen LogP contribution in [0, 0.1) is 0 Å². The Hall–Kier alpha value is -2.18. The molecule has 100 valence electrons. The summed E-state index contributed by atoms with van der Waals surface area (Å²) in [6, 6.07) is 1.93. The molecule has 0 radical (unpaired) electrons. The molecule has 0 atom stereocenters. The van der Waals surface area contributed by atoms with Crippen LogP contribution in [0.3, 0.4) is 0 Å². The molecule has 1 saturated carbocycles. The van der Waals surface area contributed by atoms with Crippen LogP contribution >= 0.6 is 0 Å². The minimum Gasteiger partial charge on any atom is -0.349 e. The number of hydrogen-bond donors (Lipinski definition) is 2. The molecule has 1 amide bonds. The molecule has 7 heteroatoms. The average Bonchev–Trinajstić information content (AvgIpc) is 2.97. The van der Waals surface area contributed by atoms with Crippen molar-refractivity contribution in [1.29, 1.82) is 0 Å². The standard InChI is InChI=1S/C12H16N6O/c1-18-7-5-9(17-18)4-6-13-12(19)11-14-10(15-16-11)8-2-3-8/h5,7-8H,2-4,6H2,1H3,(H,13,19)(H,14,15,16). The summed E-state index contributed by atoms with van der Waals surface area (Å²) in [5.74, 6) is 1.29. The summed E-state index contributed by atoms with van der Waals surface area (Å²) in [5.41, 5.74) is 0.955. The first-order valence-electron chi connectivity index (χ1n) is 6.41. The van der Waals surface area contributed by atoms with Crippen molar-refractivity contribution < 1.29 is 4.79 Å². The van der Waals surface area contributed by atoms with Crippen molar-refractivity contribution >= 4 is 5.91 Å². The van der Waals surface area contributed by atoms with E-state index in [1.54, 1.807) is 4.68 Å². The van der Waals surface area contributed by atoms with Gasteiger partial charge in [-0.15, -0.1) is 5.10 Å². The monoisotopic (exact) mass is 260 g/mol. The lowest BCUT2D eigenvalue weighted by atomic mass is 10.3. The SMILES string of the molecule is Cn1ccc(CCNC(=O)c2n[nH]c(C3CC3)n2)n1. The van der Waals surface area contributed by atoms with Crippen molar-refractivity contribution in [3.8, 4) is 0 Å². The molecule has 3 rings (SSSR count). The van der Waals surface area contributed by atoms with Gasteiger partial charge in [-0.2, -0.15) is 5.10 Å². The molecular weight excluding hydrogens is 244 g/mol. The van der Waals surface area contributed by atoms with E-state index in [0.29, 0.717) is 18.9 Å². The third-order valence-corrected chi connectivity index (χ3v) is 3.11. The van der Waals surface area contributed by atoms with Crippen molar-refractivity contribution in [2.24, 2.45) is 7.05 Å². The summed E-state index contributed by atoms with van der Waals surface area (Å²) in [4.78, 5) is 16.0. The van der Waals surface area contributed by atoms with Gasteiger partial charge in [0, 0.05) is 32.1 Å². The highest BCUT2D eigenvalue weighted by molar-refractivity contribution is 5.90. The van der Waals surface area contributed by atoms with Crippen LogP contribution < -0.4 is 5.32 Å². The maximum atomic E-state index is 11.8. The molecule has 0 aromatic carbocycles. The van der Waals surface area contributed by atoms with Crippen molar-refractivity contribution in [3.63, 3.8) is 0 Å². The minimum atomic E-state index is -0.237. The predicted octanol–water partition coefficient (Wildman–Crippen LogP) is 0.388. The van der Waals surface area contributed by atoms with Gasteiger partial charge in [0.2, 0.25) is 5.82 Å². The van der Waals surface area contributed by atoms with Crippen LogP contribution in [0.25, 0.3) is 0 Å². The molecule has 2 N–H and O–H groups in total. The predicted molar refractivity (Wildman–Crippen MR) is 67.6 cm³/mol. The molecule has 1 aliphatic rings. The first kappa shape index (κ1) is 11.9. The molecule has 0 unspecified atom stereocenters. The van der Waals surface area contributed by atoms with E-state index in [1.165, 1.54) is 0 Å². The molecule has 0 saturated heterocycles. The van der Waals surface area contributed by atoms with Crippen LogP contribution in [0.1, 0.15) is 40.9 Å². The van der Waals surface area contributed by atoms with Crippen LogP contribution in [0.15, 0.2) is 12.3 Å². The van der Waals surface area contributed by atoms with Crippen LogP contribution in [-0.4, -0.2) is 37.4 Å². The van der Waals surface area contributed by atoms with Crippen molar-refractivity contribution in [3.05, 3.63) is 29.6 Å². The summed E-state index contributed by atoms with van der Waals surface area (Å²) in [5, 5.41) is 13.8. The second-order valence-corrected chi connectivity index (χ2v) is 4.81. The Morgan fingerprint density at radius 3 is 3.11 bits per heavy atom. The zero-order valence-electron chi connectivity index (χ0n) is 10.8. The third-order valence-electron chi connectivity index (χ3n) is 3.11. The zero-order valence-corrected chi connectivity index (χ0v) is 10.8. The fourth-order valence-electron chi connectivity index (χ4n) is 1.89. The third kappa shape index (κ3) is 2.81. The second kappa shape index (κ2) is 4.83. The number of aromatic nitrogens is 5. The zero-order chi connectivity index (χ0) is 13.2. The molecule has 0 aliphatic heterocycles. The lowest BCUT2D eigenvalue weighted by Crippen LogP contribution is -2.26. The highest BCUT2D eigenvalue weighted by atomic mass is 16.2. The summed E-state index contributed by atoms with van der Waals surface area (Å²) in [7, 11) is 1.87. The van der Waals surface area contributed by atoms with Gasteiger partial charge < -0.3 is 5.32 Å². The Kier molecular flexibility index (Phi) is 3.02. The maximum Gasteiger partial charge on any atom is 0.290 e. The van der Waals surface area contributed by atoms with Crippen molar-refractivity contribution in [2.75, 3.05) is 6.54 Å². The minimum absolute atomic E-state index is 0.225. The van der Waals surface area contributed by atoms with E-state index < -0.39 is 0 Å². The van der Waals surface area contributed by atoms with Crippen LogP contribution in [0.2, 0.25) is 0 Å². The molecule has 2 aromatic rings. The number of H-pyrrole nitrogens is 1. The Labute approximate surface area is 110 Å². The van der Waals surface area contributed by atoms with E-state index in [2.05, 4.69) is 25.6 Å². The Bertz CT molecular complexity index is 583. The largest absolute Gasteiger partial charge is 0.349 e. The van der Waals surface area contributed by atoms with Crippen LogP contribution in [0.4, 0.5) is 0 Å². The molecule has 2 aromatic heterocycles. The van der Waals surface area contributed by atoms with Gasteiger partial charge in [0.1, 0.15) is 5.82 Å². The number of nitrogens with zero attached hydrogens (tertiary/aromatic N) is 4. The van der Waals surface area contributed by atoms with Crippen molar-refractivity contribution in [1.82, 2.24) is 30.3 Å². The van der Waals surface area contributed by atoms with Gasteiger partial charge >= 0.3 is 0 Å². The van der Waals surface area contributed by atoms with E-state index in [9.17, 15) is 4.79 Å². The van der Waals surface area contributed by atoms with E-state index in [0.717, 1.165) is 24.4 Å². The molecule has 1 fully saturated rings. The lowest BCUT2D eigenvalue weighted by Gasteiger charge is -2.00. The summed E-state index contributed by atoms with van der Waals surface area (Å²) >= 11 is 0. The number of rotatable bonds is 5. The van der Waals surface area contributed by atoms with Gasteiger partial charge in [0.05, 0.1) is 5.69 Å². The van der Waals surface area contributed by atoms with Gasteiger partial charge in [0.15, 0.2) is 0 Å². The molecule has 7 nitrogen and oxygen atoms in total. The number of hydrogen-bond acceptors (Lipinski definition) is 4. The van der Waals surface area contributed by atoms with Gasteiger partial charge in [0.25, 0.3) is 5.91 Å². The number of nitrogens with one attached hydrogen (secondary N) is 2. The normalized spacial score (nSPS) is 14.6. The summed E-state index contributed by atoms with van der Waals surface area (Å²) in [6.07, 6.45) is 4.85. The van der Waals surface area contributed by atoms with Crippen molar-refractivity contribution in [2.45, 2.75) is 25.2 Å². The average molecular weight is 260 g/mol. The summed E-state index contributed by atoms with van der Waals surface area (Å²) < 4.78 is 1.74. The van der Waals surface area contributed by atoms with E-state index in [-0.39, 0.29) is 11.7 Å². The fraction of sp³-hybridized carbons (Fsp3) is 0.500. The van der Waals surface area contributed by atoms with Crippen LogP contribution in [-0.2, 0) is 13.5 Å². The molecule has 2 heterocycles. The number of carbonyl (C=O) groups excluding carboxylic acids is 1. The smallest absolute Gasteiger partial charge is 0.290 e. The van der Waals surface area contributed by atoms with Gasteiger partial charge in [-0.1, -0.05) is 0 Å². The number of amides is 1. The number of aromatic amines is 1. The summed E-state index contributed by atoms with van der Waals surface area (Å²) in [6.45, 7) is 0.531. The quantitative estimate of drug-likeness (QED) is 0.814. The Balaban J connectivity index is 1.50. The van der Waals surface area contributed by atoms with Gasteiger partial charge in [-0.3, -0.25) is 14.6 Å². The van der Waals surface area contributed by atoms with Gasteiger partial charge in [-0.05, 0) is 18.9 Å².